The van der Waals surface area contributed by atoms with Gasteiger partial charge in [0.05, 0.1) is 24.9 Å². The standard InChI is InChI=1S/C13H18ClFN2O3/c1-17(6-10(18)8-20-2)7-13(19)16-12-5-9(14)3-4-11(12)15/h3-5,10,18H,6-8H2,1-2H3,(H,16,19). The molecule has 0 saturated heterocycles. The van der Waals surface area contributed by atoms with Crippen molar-refractivity contribution in [2.24, 2.45) is 0 Å². The molecular formula is C13H18ClFN2O3. The second-order valence-corrected chi connectivity index (χ2v) is 4.91. The van der Waals surface area contributed by atoms with Crippen LogP contribution in [0.25, 0.3) is 0 Å². The van der Waals surface area contributed by atoms with E-state index in [0.717, 1.165) is 0 Å². The number of hydrogen-bond donors (Lipinski definition) is 2. The Morgan fingerprint density at radius 2 is 2.30 bits per heavy atom. The van der Waals surface area contributed by atoms with Crippen molar-refractivity contribution in [1.82, 2.24) is 4.90 Å². The summed E-state index contributed by atoms with van der Waals surface area (Å²) in [5.74, 6) is -0.942. The minimum absolute atomic E-state index is 0.0206. The van der Waals surface area contributed by atoms with Crippen molar-refractivity contribution in [2.75, 3.05) is 39.2 Å². The summed E-state index contributed by atoms with van der Waals surface area (Å²) in [6, 6.07) is 3.93. The maximum atomic E-state index is 13.4. The number of hydrogen-bond acceptors (Lipinski definition) is 4. The molecular weight excluding hydrogens is 287 g/mol. The summed E-state index contributed by atoms with van der Waals surface area (Å²) in [5, 5.41) is 12.3. The Labute approximate surface area is 122 Å². The molecule has 0 saturated carbocycles. The van der Waals surface area contributed by atoms with Gasteiger partial charge >= 0.3 is 0 Å². The first-order valence-electron chi connectivity index (χ1n) is 6.02. The molecule has 0 bridgehead atoms. The number of methoxy groups -OCH3 is 1. The van der Waals surface area contributed by atoms with Crippen LogP contribution in [0.3, 0.4) is 0 Å². The summed E-state index contributed by atoms with van der Waals surface area (Å²) < 4.78 is 18.2. The van der Waals surface area contributed by atoms with Crippen LogP contribution in [-0.4, -0.2) is 55.9 Å². The molecule has 0 spiro atoms. The molecule has 0 aliphatic heterocycles. The molecule has 0 aromatic heterocycles. The van der Waals surface area contributed by atoms with Gasteiger partial charge in [-0.05, 0) is 25.2 Å². The number of aliphatic hydroxyl groups is 1. The molecule has 0 aliphatic carbocycles. The van der Waals surface area contributed by atoms with Crippen LogP contribution in [0.5, 0.6) is 0 Å². The molecule has 0 fully saturated rings. The predicted octanol–water partition coefficient (Wildman–Crippen LogP) is 1.36. The van der Waals surface area contributed by atoms with Crippen molar-refractivity contribution in [3.8, 4) is 0 Å². The van der Waals surface area contributed by atoms with E-state index in [1.807, 2.05) is 0 Å². The molecule has 5 nitrogen and oxygen atoms in total. The van der Waals surface area contributed by atoms with Gasteiger partial charge in [-0.25, -0.2) is 4.39 Å². The highest BCUT2D eigenvalue weighted by molar-refractivity contribution is 6.30. The molecule has 1 amide bonds. The average molecular weight is 305 g/mol. The Hall–Kier alpha value is -1.21. The number of amides is 1. The first-order chi connectivity index (χ1) is 9.42. The van der Waals surface area contributed by atoms with E-state index in [-0.39, 0.29) is 25.4 Å². The maximum Gasteiger partial charge on any atom is 0.238 e. The fraction of sp³-hybridized carbons (Fsp3) is 0.462. The number of ether oxygens (including phenoxy) is 1. The second kappa shape index (κ2) is 8.16. The van der Waals surface area contributed by atoms with E-state index in [1.54, 1.807) is 11.9 Å². The lowest BCUT2D eigenvalue weighted by Gasteiger charge is -2.19. The molecule has 1 rings (SSSR count). The van der Waals surface area contributed by atoms with Gasteiger partial charge in [-0.1, -0.05) is 11.6 Å². The number of likely N-dealkylation sites (N-methyl/N-ethyl adjacent to an activating group) is 1. The van der Waals surface area contributed by atoms with Crippen LogP contribution in [0.4, 0.5) is 10.1 Å². The molecule has 112 valence electrons. The Balaban J connectivity index is 2.49. The van der Waals surface area contributed by atoms with Crippen LogP contribution in [-0.2, 0) is 9.53 Å². The van der Waals surface area contributed by atoms with Crippen LogP contribution in [0.15, 0.2) is 18.2 Å². The Morgan fingerprint density at radius 3 is 2.95 bits per heavy atom. The highest BCUT2D eigenvalue weighted by atomic mass is 35.5. The first-order valence-corrected chi connectivity index (χ1v) is 6.40. The largest absolute Gasteiger partial charge is 0.389 e. The average Bonchev–Trinajstić information content (AvgIpc) is 2.33. The van der Waals surface area contributed by atoms with Crippen LogP contribution in [0.1, 0.15) is 0 Å². The summed E-state index contributed by atoms with van der Waals surface area (Å²) in [6.45, 7) is 0.487. The van der Waals surface area contributed by atoms with Gasteiger partial charge < -0.3 is 15.2 Å². The molecule has 20 heavy (non-hydrogen) atoms. The summed E-state index contributed by atoms with van der Waals surface area (Å²) in [4.78, 5) is 13.4. The SMILES string of the molecule is COCC(O)CN(C)CC(=O)Nc1cc(Cl)ccc1F. The van der Waals surface area contributed by atoms with E-state index in [1.165, 1.54) is 25.3 Å². The lowest BCUT2D eigenvalue weighted by molar-refractivity contribution is -0.117. The number of aliphatic hydroxyl groups excluding tert-OH is 1. The smallest absolute Gasteiger partial charge is 0.238 e. The van der Waals surface area contributed by atoms with Gasteiger partial charge in [-0.2, -0.15) is 0 Å². The summed E-state index contributed by atoms with van der Waals surface area (Å²) in [5.41, 5.74) is 0.0355. The molecule has 0 radical (unpaired) electrons. The zero-order valence-corrected chi connectivity index (χ0v) is 12.2. The Morgan fingerprint density at radius 1 is 1.60 bits per heavy atom. The number of anilines is 1. The molecule has 1 unspecified atom stereocenters. The van der Waals surface area contributed by atoms with Crippen LogP contribution in [0.2, 0.25) is 5.02 Å². The van der Waals surface area contributed by atoms with Gasteiger partial charge in [0.15, 0.2) is 0 Å². The lowest BCUT2D eigenvalue weighted by atomic mass is 10.3. The molecule has 1 aromatic rings. The minimum Gasteiger partial charge on any atom is -0.389 e. The van der Waals surface area contributed by atoms with Crippen molar-refractivity contribution >= 4 is 23.2 Å². The van der Waals surface area contributed by atoms with E-state index in [9.17, 15) is 14.3 Å². The second-order valence-electron chi connectivity index (χ2n) is 4.48. The van der Waals surface area contributed by atoms with Crippen molar-refractivity contribution in [3.63, 3.8) is 0 Å². The molecule has 7 heteroatoms. The number of nitrogens with one attached hydrogen (secondary N) is 1. The normalized spacial score (nSPS) is 12.5. The van der Waals surface area contributed by atoms with Crippen molar-refractivity contribution in [1.29, 1.82) is 0 Å². The number of benzene rings is 1. The monoisotopic (exact) mass is 304 g/mol. The predicted molar refractivity (Wildman–Crippen MR) is 75.4 cm³/mol. The minimum atomic E-state index is -0.680. The van der Waals surface area contributed by atoms with E-state index in [0.29, 0.717) is 5.02 Å². The highest BCUT2D eigenvalue weighted by Gasteiger charge is 2.13. The Kier molecular flexibility index (Phi) is 6.87. The topological polar surface area (TPSA) is 61.8 Å². The quantitative estimate of drug-likeness (QED) is 0.798. The lowest BCUT2D eigenvalue weighted by Crippen LogP contribution is -2.37. The van der Waals surface area contributed by atoms with Crippen LogP contribution >= 0.6 is 11.6 Å². The maximum absolute atomic E-state index is 13.4. The first kappa shape index (κ1) is 16.8. The number of carbonyl (C=O) groups is 1. The van der Waals surface area contributed by atoms with E-state index < -0.39 is 17.8 Å². The zero-order valence-electron chi connectivity index (χ0n) is 11.4. The summed E-state index contributed by atoms with van der Waals surface area (Å²) in [6.07, 6.45) is -0.680. The number of nitrogens with zero attached hydrogens (tertiary/aromatic N) is 1. The van der Waals surface area contributed by atoms with E-state index in [2.05, 4.69) is 5.32 Å². The molecule has 2 N–H and O–H groups in total. The number of rotatable bonds is 7. The van der Waals surface area contributed by atoms with Crippen molar-refractivity contribution < 1.29 is 19.0 Å². The van der Waals surface area contributed by atoms with Crippen LogP contribution < -0.4 is 5.32 Å². The third-order valence-electron chi connectivity index (χ3n) is 2.50. The van der Waals surface area contributed by atoms with E-state index in [4.69, 9.17) is 16.3 Å². The van der Waals surface area contributed by atoms with Gasteiger partial charge in [0.25, 0.3) is 0 Å². The van der Waals surface area contributed by atoms with Gasteiger partial charge in [0.1, 0.15) is 5.82 Å². The number of halogens is 2. The molecule has 0 aliphatic rings. The zero-order chi connectivity index (χ0) is 15.1. The fourth-order valence-electron chi connectivity index (χ4n) is 1.70. The third kappa shape index (κ3) is 5.83. The van der Waals surface area contributed by atoms with Gasteiger partial charge in [0, 0.05) is 18.7 Å². The molecule has 1 aromatic carbocycles. The molecule has 1 atom stereocenters. The Bertz CT molecular complexity index is 459. The van der Waals surface area contributed by atoms with Gasteiger partial charge in [-0.15, -0.1) is 0 Å². The van der Waals surface area contributed by atoms with Crippen LogP contribution in [0, 0.1) is 5.82 Å². The molecule has 0 heterocycles. The van der Waals surface area contributed by atoms with Crippen molar-refractivity contribution in [2.45, 2.75) is 6.10 Å². The highest BCUT2D eigenvalue weighted by Crippen LogP contribution is 2.19. The third-order valence-corrected chi connectivity index (χ3v) is 2.73. The van der Waals surface area contributed by atoms with Gasteiger partial charge in [-0.3, -0.25) is 9.69 Å². The van der Waals surface area contributed by atoms with Gasteiger partial charge in [0.2, 0.25) is 5.91 Å². The summed E-state index contributed by atoms with van der Waals surface area (Å²) in [7, 11) is 3.16. The van der Waals surface area contributed by atoms with E-state index >= 15 is 0 Å². The van der Waals surface area contributed by atoms with Crippen molar-refractivity contribution in [3.05, 3.63) is 29.0 Å². The fourth-order valence-corrected chi connectivity index (χ4v) is 1.87. The summed E-state index contributed by atoms with van der Waals surface area (Å²) >= 11 is 5.73. The number of carbonyl (C=O) groups excluding carboxylic acids is 1.